The molecule has 0 fully saturated rings. The molecule has 0 bridgehead atoms. The number of hydrogen-bond donors (Lipinski definition) is 1. The van der Waals surface area contributed by atoms with Gasteiger partial charge in [-0.1, -0.05) is 54.6 Å². The van der Waals surface area contributed by atoms with Gasteiger partial charge in [-0.15, -0.1) is 0 Å². The van der Waals surface area contributed by atoms with Crippen molar-refractivity contribution in [1.29, 1.82) is 0 Å². The van der Waals surface area contributed by atoms with Crippen molar-refractivity contribution < 1.29 is 9.53 Å². The third-order valence-corrected chi connectivity index (χ3v) is 5.45. The van der Waals surface area contributed by atoms with Crippen LogP contribution >= 0.6 is 0 Å². The molecule has 0 unspecified atom stereocenters. The minimum Gasteiger partial charge on any atom is -0.489 e. The van der Waals surface area contributed by atoms with E-state index in [4.69, 9.17) is 15.5 Å². The number of hydrogen-bond acceptors (Lipinski definition) is 3. The Morgan fingerprint density at radius 1 is 0.935 bits per heavy atom. The zero-order chi connectivity index (χ0) is 21.6. The van der Waals surface area contributed by atoms with Gasteiger partial charge in [0.1, 0.15) is 12.4 Å². The van der Waals surface area contributed by atoms with Gasteiger partial charge in [0.15, 0.2) is 0 Å². The van der Waals surface area contributed by atoms with Crippen LogP contribution < -0.4 is 10.5 Å². The number of aryl methyl sites for hydroxylation is 3. The van der Waals surface area contributed by atoms with Gasteiger partial charge in [-0.2, -0.15) is 0 Å². The molecule has 0 saturated carbocycles. The molecule has 0 saturated heterocycles. The van der Waals surface area contributed by atoms with Gasteiger partial charge in [-0.3, -0.25) is 9.78 Å². The van der Waals surface area contributed by atoms with Gasteiger partial charge in [0.25, 0.3) is 0 Å². The largest absolute Gasteiger partial charge is 0.489 e. The van der Waals surface area contributed by atoms with E-state index >= 15 is 0 Å². The van der Waals surface area contributed by atoms with Crippen LogP contribution in [0.4, 0.5) is 0 Å². The average molecular weight is 411 g/mol. The molecule has 3 aromatic carbocycles. The highest BCUT2D eigenvalue weighted by atomic mass is 16.5. The number of pyridine rings is 1. The molecule has 4 rings (SSSR count). The highest BCUT2D eigenvalue weighted by Crippen LogP contribution is 2.20. The molecular formula is C27H26N2O2. The Balaban J connectivity index is 1.36. The third-order valence-electron chi connectivity index (χ3n) is 5.45. The first-order valence-corrected chi connectivity index (χ1v) is 10.5. The van der Waals surface area contributed by atoms with Gasteiger partial charge in [-0.05, 0) is 61.6 Å². The predicted molar refractivity (Wildman–Crippen MR) is 124 cm³/mol. The van der Waals surface area contributed by atoms with E-state index in [0.29, 0.717) is 12.2 Å². The van der Waals surface area contributed by atoms with Crippen LogP contribution in [0.5, 0.6) is 5.75 Å². The number of aromatic nitrogens is 1. The quantitative estimate of drug-likeness (QED) is 0.423. The third kappa shape index (κ3) is 5.10. The molecule has 4 nitrogen and oxygen atoms in total. The summed E-state index contributed by atoms with van der Waals surface area (Å²) in [4.78, 5) is 16.5. The van der Waals surface area contributed by atoms with Crippen molar-refractivity contribution in [1.82, 2.24) is 4.98 Å². The van der Waals surface area contributed by atoms with Gasteiger partial charge in [0.05, 0.1) is 5.52 Å². The first-order chi connectivity index (χ1) is 15.1. The lowest BCUT2D eigenvalue weighted by Crippen LogP contribution is -2.16. The van der Waals surface area contributed by atoms with Crippen molar-refractivity contribution in [3.05, 3.63) is 107 Å². The zero-order valence-electron chi connectivity index (χ0n) is 17.7. The summed E-state index contributed by atoms with van der Waals surface area (Å²) in [7, 11) is 0. The first-order valence-electron chi connectivity index (χ1n) is 10.5. The molecule has 1 amide bonds. The van der Waals surface area contributed by atoms with Crippen LogP contribution in [0.25, 0.3) is 10.9 Å². The minimum atomic E-state index is -0.423. The summed E-state index contributed by atoms with van der Waals surface area (Å²) < 4.78 is 5.97. The minimum absolute atomic E-state index is 0.310. The highest BCUT2D eigenvalue weighted by Gasteiger charge is 2.11. The Hall–Kier alpha value is -3.66. The molecule has 1 aromatic heterocycles. The van der Waals surface area contributed by atoms with E-state index in [0.717, 1.165) is 47.3 Å². The number of rotatable bonds is 8. The van der Waals surface area contributed by atoms with Crippen LogP contribution in [0, 0.1) is 6.92 Å². The molecule has 31 heavy (non-hydrogen) atoms. The fraction of sp³-hybridized carbons (Fsp3) is 0.185. The number of amides is 1. The molecule has 4 heteroatoms. The lowest BCUT2D eigenvalue weighted by Gasteiger charge is -2.12. The molecule has 0 atom stereocenters. The zero-order valence-corrected chi connectivity index (χ0v) is 17.7. The predicted octanol–water partition coefficient (Wildman–Crippen LogP) is 5.40. The van der Waals surface area contributed by atoms with E-state index in [1.165, 1.54) is 10.9 Å². The number of primary amides is 1. The Kier molecular flexibility index (Phi) is 6.27. The van der Waals surface area contributed by atoms with Crippen molar-refractivity contribution >= 4 is 16.8 Å². The Labute approximate surface area is 182 Å². The molecule has 4 aromatic rings. The summed E-state index contributed by atoms with van der Waals surface area (Å²) in [5.41, 5.74) is 11.1. The maximum Gasteiger partial charge on any atom is 0.249 e. The highest BCUT2D eigenvalue weighted by molar-refractivity contribution is 5.95. The second-order valence-corrected chi connectivity index (χ2v) is 7.76. The Morgan fingerprint density at radius 3 is 2.65 bits per heavy atom. The van der Waals surface area contributed by atoms with Gasteiger partial charge in [0, 0.05) is 22.2 Å². The number of fused-ring (bicyclic) bond motifs is 1. The van der Waals surface area contributed by atoms with Crippen molar-refractivity contribution in [3.63, 3.8) is 0 Å². The molecule has 0 aliphatic rings. The summed E-state index contributed by atoms with van der Waals surface area (Å²) in [5.74, 6) is 0.367. The van der Waals surface area contributed by atoms with E-state index in [2.05, 4.69) is 36.4 Å². The average Bonchev–Trinajstić information content (AvgIpc) is 2.77. The molecule has 1 heterocycles. The van der Waals surface area contributed by atoms with E-state index in [1.54, 1.807) is 0 Å². The first kappa shape index (κ1) is 20.6. The summed E-state index contributed by atoms with van der Waals surface area (Å²) in [5, 5.41) is 1.17. The number of carbonyl (C=O) groups is 1. The number of carbonyl (C=O) groups excluding carboxylic acids is 1. The summed E-state index contributed by atoms with van der Waals surface area (Å²) in [6.45, 7) is 2.19. The smallest absolute Gasteiger partial charge is 0.249 e. The van der Waals surface area contributed by atoms with Gasteiger partial charge in [0.2, 0.25) is 5.91 Å². The van der Waals surface area contributed by atoms with Crippen molar-refractivity contribution in [3.8, 4) is 5.75 Å². The molecule has 2 N–H and O–H groups in total. The molecular weight excluding hydrogens is 384 g/mol. The fourth-order valence-electron chi connectivity index (χ4n) is 3.87. The van der Waals surface area contributed by atoms with E-state index in [-0.39, 0.29) is 0 Å². The fourth-order valence-corrected chi connectivity index (χ4v) is 3.87. The summed E-state index contributed by atoms with van der Waals surface area (Å²) >= 11 is 0. The van der Waals surface area contributed by atoms with Crippen LogP contribution in [0.2, 0.25) is 0 Å². The number of nitrogens with two attached hydrogens (primary N) is 1. The topological polar surface area (TPSA) is 65.2 Å². The normalized spacial score (nSPS) is 10.9. The SMILES string of the molecule is Cc1cccc(COc2cccc(CCCc3ccc4ccccc4n3)c2)c1C(N)=O. The lowest BCUT2D eigenvalue weighted by atomic mass is 10.0. The molecule has 0 radical (unpaired) electrons. The molecule has 156 valence electrons. The van der Waals surface area contributed by atoms with Crippen LogP contribution in [0.1, 0.15) is 39.2 Å². The number of para-hydroxylation sites is 1. The van der Waals surface area contributed by atoms with Crippen molar-refractivity contribution in [2.75, 3.05) is 0 Å². The standard InChI is InChI=1S/C27H26N2O2/c1-19-7-4-11-22(26(19)27(28)30)18-31-24-13-6-9-20(17-24)8-5-12-23-16-15-21-10-2-3-14-25(21)29-23/h2-4,6-7,9-11,13-17H,5,8,12,18H2,1H3,(H2,28,30). The van der Waals surface area contributed by atoms with Crippen LogP contribution in [0.15, 0.2) is 78.9 Å². The second kappa shape index (κ2) is 9.43. The number of ether oxygens (including phenoxy) is 1. The summed E-state index contributed by atoms with van der Waals surface area (Å²) in [6, 6.07) is 26.2. The Bertz CT molecular complexity index is 1220. The van der Waals surface area contributed by atoms with Gasteiger partial charge < -0.3 is 10.5 Å². The van der Waals surface area contributed by atoms with Crippen LogP contribution in [-0.4, -0.2) is 10.9 Å². The van der Waals surface area contributed by atoms with E-state index in [1.807, 2.05) is 49.4 Å². The maximum atomic E-state index is 11.8. The van der Waals surface area contributed by atoms with E-state index < -0.39 is 5.91 Å². The van der Waals surface area contributed by atoms with Gasteiger partial charge in [-0.25, -0.2) is 0 Å². The molecule has 0 aliphatic carbocycles. The van der Waals surface area contributed by atoms with Crippen LogP contribution in [0.3, 0.4) is 0 Å². The lowest BCUT2D eigenvalue weighted by molar-refractivity contribution is 0.0997. The number of benzene rings is 3. The summed E-state index contributed by atoms with van der Waals surface area (Å²) in [6.07, 6.45) is 2.89. The van der Waals surface area contributed by atoms with E-state index in [9.17, 15) is 4.79 Å². The second-order valence-electron chi connectivity index (χ2n) is 7.76. The van der Waals surface area contributed by atoms with Crippen LogP contribution in [-0.2, 0) is 19.4 Å². The molecule has 0 spiro atoms. The Morgan fingerprint density at radius 2 is 1.77 bits per heavy atom. The monoisotopic (exact) mass is 410 g/mol. The molecule has 0 aliphatic heterocycles. The van der Waals surface area contributed by atoms with Gasteiger partial charge >= 0.3 is 0 Å². The maximum absolute atomic E-state index is 11.8. The van der Waals surface area contributed by atoms with Crippen molar-refractivity contribution in [2.45, 2.75) is 32.8 Å². The van der Waals surface area contributed by atoms with Crippen molar-refractivity contribution in [2.24, 2.45) is 5.73 Å². The number of nitrogens with zero attached hydrogens (tertiary/aromatic N) is 1.